The van der Waals surface area contributed by atoms with Crippen molar-refractivity contribution in [2.75, 3.05) is 13.7 Å². The fourth-order valence-corrected chi connectivity index (χ4v) is 6.51. The monoisotopic (exact) mass is 249 g/mol. The van der Waals surface area contributed by atoms with Gasteiger partial charge in [-0.3, -0.25) is 0 Å². The molecule has 1 atom stereocenters. The van der Waals surface area contributed by atoms with Gasteiger partial charge in [-0.2, -0.15) is 0 Å². The maximum Gasteiger partial charge on any atom is 0.0621 e. The Hall–Kier alpha value is -0.0800. The highest BCUT2D eigenvalue weighted by atomic mass is 16.3. The van der Waals surface area contributed by atoms with Crippen LogP contribution in [-0.4, -0.2) is 24.3 Å². The first kappa shape index (κ1) is 11.7. The fourth-order valence-electron chi connectivity index (χ4n) is 6.51. The topological polar surface area (TPSA) is 32.3 Å². The smallest absolute Gasteiger partial charge is 0.0621 e. The van der Waals surface area contributed by atoms with Gasteiger partial charge in [0.15, 0.2) is 0 Å². The van der Waals surface area contributed by atoms with E-state index in [1.807, 2.05) is 0 Å². The molecule has 5 rings (SSSR count). The van der Waals surface area contributed by atoms with Crippen LogP contribution in [0.1, 0.15) is 51.4 Å². The molecule has 18 heavy (non-hydrogen) atoms. The van der Waals surface area contributed by atoms with E-state index in [1.165, 1.54) is 51.4 Å². The molecule has 5 saturated carbocycles. The van der Waals surface area contributed by atoms with Crippen molar-refractivity contribution in [2.45, 2.75) is 56.9 Å². The van der Waals surface area contributed by atoms with Crippen molar-refractivity contribution in [2.24, 2.45) is 29.1 Å². The lowest BCUT2D eigenvalue weighted by molar-refractivity contribution is -0.127. The molecule has 1 unspecified atom stereocenters. The zero-order valence-corrected chi connectivity index (χ0v) is 11.6. The van der Waals surface area contributed by atoms with Crippen LogP contribution in [0.2, 0.25) is 0 Å². The predicted molar refractivity (Wildman–Crippen MR) is 72.2 cm³/mol. The average Bonchev–Trinajstić information content (AvgIpc) is 3.14. The first-order valence-corrected chi connectivity index (χ1v) is 8.01. The molecule has 5 aliphatic carbocycles. The van der Waals surface area contributed by atoms with E-state index in [0.717, 1.165) is 23.7 Å². The molecule has 102 valence electrons. The zero-order chi connectivity index (χ0) is 12.4. The van der Waals surface area contributed by atoms with Crippen LogP contribution in [0.5, 0.6) is 0 Å². The normalized spacial score (nSPS) is 49.3. The number of hydrogen-bond acceptors (Lipinski definition) is 2. The van der Waals surface area contributed by atoms with E-state index in [-0.39, 0.29) is 5.54 Å². The molecule has 0 saturated heterocycles. The SMILES string of the molecule is CNC(CO)(C1CC1)C12CC3CC(CC(C3)C1)C2. The lowest BCUT2D eigenvalue weighted by Crippen LogP contribution is -2.66. The van der Waals surface area contributed by atoms with Gasteiger partial charge in [0.05, 0.1) is 6.61 Å². The highest BCUT2D eigenvalue weighted by Crippen LogP contribution is 2.66. The van der Waals surface area contributed by atoms with Crippen LogP contribution in [0.15, 0.2) is 0 Å². The second kappa shape index (κ2) is 3.73. The fraction of sp³-hybridized carbons (Fsp3) is 1.00. The summed E-state index contributed by atoms with van der Waals surface area (Å²) in [6.07, 6.45) is 11.4. The van der Waals surface area contributed by atoms with Crippen LogP contribution >= 0.6 is 0 Å². The summed E-state index contributed by atoms with van der Waals surface area (Å²) in [4.78, 5) is 0. The molecule has 0 aromatic carbocycles. The molecule has 2 heteroatoms. The van der Waals surface area contributed by atoms with Crippen molar-refractivity contribution < 1.29 is 5.11 Å². The van der Waals surface area contributed by atoms with Crippen molar-refractivity contribution in [1.29, 1.82) is 0 Å². The third kappa shape index (κ3) is 1.37. The van der Waals surface area contributed by atoms with Crippen molar-refractivity contribution in [3.63, 3.8) is 0 Å². The molecule has 0 amide bonds. The molecule has 5 aliphatic rings. The van der Waals surface area contributed by atoms with Crippen molar-refractivity contribution in [3.8, 4) is 0 Å². The van der Waals surface area contributed by atoms with Gasteiger partial charge in [-0.1, -0.05) is 0 Å². The van der Waals surface area contributed by atoms with E-state index in [2.05, 4.69) is 12.4 Å². The summed E-state index contributed by atoms with van der Waals surface area (Å²) in [5.74, 6) is 3.70. The van der Waals surface area contributed by atoms with E-state index in [4.69, 9.17) is 0 Å². The Morgan fingerprint density at radius 2 is 1.56 bits per heavy atom. The Morgan fingerprint density at radius 3 is 1.89 bits per heavy atom. The van der Waals surface area contributed by atoms with E-state index < -0.39 is 0 Å². The van der Waals surface area contributed by atoms with Crippen LogP contribution in [0.25, 0.3) is 0 Å². The summed E-state index contributed by atoms with van der Waals surface area (Å²) in [6.45, 7) is 0.361. The lowest BCUT2D eigenvalue weighted by atomic mass is 9.44. The Labute approximate surface area is 111 Å². The van der Waals surface area contributed by atoms with Crippen molar-refractivity contribution >= 4 is 0 Å². The van der Waals surface area contributed by atoms with Gasteiger partial charge >= 0.3 is 0 Å². The van der Waals surface area contributed by atoms with Gasteiger partial charge in [-0.25, -0.2) is 0 Å². The van der Waals surface area contributed by atoms with Crippen LogP contribution in [0.4, 0.5) is 0 Å². The second-order valence-electron chi connectivity index (χ2n) is 7.85. The van der Waals surface area contributed by atoms with Crippen LogP contribution < -0.4 is 5.32 Å². The van der Waals surface area contributed by atoms with E-state index in [1.54, 1.807) is 0 Å². The molecule has 0 aromatic rings. The molecular weight excluding hydrogens is 222 g/mol. The standard InChI is InChI=1S/C16H27NO/c1-17-16(10-18,14-2-3-14)15-7-11-4-12(8-15)6-13(5-11)9-15/h11-14,17-18H,2-10H2,1H3. The van der Waals surface area contributed by atoms with E-state index in [9.17, 15) is 5.11 Å². The lowest BCUT2D eigenvalue weighted by Gasteiger charge is -2.64. The summed E-state index contributed by atoms with van der Waals surface area (Å²) in [7, 11) is 2.10. The molecule has 4 bridgehead atoms. The quantitative estimate of drug-likeness (QED) is 0.802. The number of aliphatic hydroxyl groups is 1. The molecular formula is C16H27NO. The highest BCUT2D eigenvalue weighted by molar-refractivity contribution is 5.17. The summed E-state index contributed by atoms with van der Waals surface area (Å²) >= 11 is 0. The maximum atomic E-state index is 10.2. The summed E-state index contributed by atoms with van der Waals surface area (Å²) < 4.78 is 0. The minimum absolute atomic E-state index is 0.0585. The van der Waals surface area contributed by atoms with Gasteiger partial charge in [0, 0.05) is 5.54 Å². The van der Waals surface area contributed by atoms with Crippen LogP contribution in [0.3, 0.4) is 0 Å². The minimum Gasteiger partial charge on any atom is -0.394 e. The molecule has 5 fully saturated rings. The minimum atomic E-state index is 0.0585. The third-order valence-corrected chi connectivity index (χ3v) is 6.95. The van der Waals surface area contributed by atoms with Gasteiger partial charge in [-0.15, -0.1) is 0 Å². The average molecular weight is 249 g/mol. The van der Waals surface area contributed by atoms with E-state index >= 15 is 0 Å². The number of aliphatic hydroxyl groups excluding tert-OH is 1. The van der Waals surface area contributed by atoms with E-state index in [0.29, 0.717) is 12.0 Å². The van der Waals surface area contributed by atoms with Gasteiger partial charge in [0.25, 0.3) is 0 Å². The number of nitrogens with one attached hydrogen (secondary N) is 1. The highest BCUT2D eigenvalue weighted by Gasteiger charge is 2.63. The maximum absolute atomic E-state index is 10.2. The number of rotatable bonds is 4. The molecule has 0 heterocycles. The summed E-state index contributed by atoms with van der Waals surface area (Å²) in [6, 6.07) is 0. The Bertz CT molecular complexity index is 308. The molecule has 0 radical (unpaired) electrons. The van der Waals surface area contributed by atoms with Crippen LogP contribution in [-0.2, 0) is 0 Å². The number of likely N-dealkylation sites (N-methyl/N-ethyl adjacent to an activating group) is 1. The van der Waals surface area contributed by atoms with Crippen LogP contribution in [0, 0.1) is 29.1 Å². The molecule has 0 spiro atoms. The largest absolute Gasteiger partial charge is 0.394 e. The Morgan fingerprint density at radius 1 is 1.06 bits per heavy atom. The van der Waals surface area contributed by atoms with Gasteiger partial charge in [0.2, 0.25) is 0 Å². The predicted octanol–water partition coefficient (Wildman–Crippen LogP) is 2.56. The van der Waals surface area contributed by atoms with Crippen molar-refractivity contribution in [1.82, 2.24) is 5.32 Å². The molecule has 2 nitrogen and oxygen atoms in total. The van der Waals surface area contributed by atoms with Gasteiger partial charge in [-0.05, 0) is 87.5 Å². The van der Waals surface area contributed by atoms with Gasteiger partial charge in [0.1, 0.15) is 0 Å². The first-order valence-electron chi connectivity index (χ1n) is 8.01. The Balaban J connectivity index is 1.73. The summed E-state index contributed by atoms with van der Waals surface area (Å²) in [5.41, 5.74) is 0.495. The third-order valence-electron chi connectivity index (χ3n) is 6.95. The zero-order valence-electron chi connectivity index (χ0n) is 11.6. The number of hydrogen-bond donors (Lipinski definition) is 2. The van der Waals surface area contributed by atoms with Gasteiger partial charge < -0.3 is 10.4 Å². The molecule has 2 N–H and O–H groups in total. The van der Waals surface area contributed by atoms with Crippen molar-refractivity contribution in [3.05, 3.63) is 0 Å². The first-order chi connectivity index (χ1) is 8.71. The molecule has 0 aromatic heterocycles. The summed E-state index contributed by atoms with van der Waals surface area (Å²) in [5, 5.41) is 13.8. The Kier molecular flexibility index (Phi) is 2.43. The second-order valence-corrected chi connectivity index (χ2v) is 7.85. The molecule has 0 aliphatic heterocycles.